The number of phenols is 1. The van der Waals surface area contributed by atoms with E-state index < -0.39 is 17.7 Å². The van der Waals surface area contributed by atoms with E-state index in [4.69, 9.17) is 9.47 Å². The number of phenolic OH excluding ortho intramolecular Hbond substituents is 1. The maximum atomic E-state index is 13.5. The minimum atomic E-state index is -0.927. The highest BCUT2D eigenvalue weighted by molar-refractivity contribution is 6.46. The van der Waals surface area contributed by atoms with E-state index in [1.165, 1.54) is 11.0 Å². The fraction of sp³-hybridized carbons (Fsp3) is 0.182. The molecule has 1 atom stereocenters. The van der Waals surface area contributed by atoms with Gasteiger partial charge in [0.05, 0.1) is 18.2 Å². The zero-order valence-corrected chi connectivity index (χ0v) is 22.8. The summed E-state index contributed by atoms with van der Waals surface area (Å²) in [7, 11) is 0. The lowest BCUT2D eigenvalue weighted by Crippen LogP contribution is -2.29. The van der Waals surface area contributed by atoms with Crippen LogP contribution in [0.15, 0.2) is 96.8 Å². The lowest BCUT2D eigenvalue weighted by molar-refractivity contribution is -0.140. The van der Waals surface area contributed by atoms with E-state index in [0.717, 1.165) is 11.1 Å². The number of benzene rings is 3. The van der Waals surface area contributed by atoms with Crippen LogP contribution in [0.1, 0.15) is 40.8 Å². The van der Waals surface area contributed by atoms with E-state index in [1.54, 1.807) is 62.6 Å². The molecule has 0 bridgehead atoms. The third-order valence-electron chi connectivity index (χ3n) is 6.92. The third-order valence-corrected chi connectivity index (χ3v) is 6.92. The number of aryl methyl sites for hydroxylation is 1. The molecule has 0 radical (unpaired) electrons. The van der Waals surface area contributed by atoms with Crippen LogP contribution in [-0.4, -0.2) is 38.4 Å². The van der Waals surface area contributed by atoms with Gasteiger partial charge in [-0.1, -0.05) is 42.5 Å². The maximum Gasteiger partial charge on any atom is 0.295 e. The normalized spacial score (nSPS) is 16.1. The van der Waals surface area contributed by atoms with Gasteiger partial charge in [0.15, 0.2) is 11.5 Å². The van der Waals surface area contributed by atoms with E-state index in [0.29, 0.717) is 35.7 Å². The Kier molecular flexibility index (Phi) is 8.01. The molecule has 1 aromatic heterocycles. The first kappa shape index (κ1) is 27.5. The number of likely N-dealkylation sites (tertiary alicyclic amines) is 1. The lowest BCUT2D eigenvalue weighted by atomic mass is 9.93. The van der Waals surface area contributed by atoms with E-state index >= 15 is 0 Å². The SMILES string of the molecule is CCOc1cc(C2/C(=C(/O)c3ccc(OCc4ccccc4)cc3C)C(=O)C(=O)N2Cc2cccnc2)ccc1O. The highest BCUT2D eigenvalue weighted by Crippen LogP contribution is 2.43. The summed E-state index contributed by atoms with van der Waals surface area (Å²) in [5.41, 5.74) is 3.28. The van der Waals surface area contributed by atoms with Crippen LogP contribution in [0.4, 0.5) is 0 Å². The summed E-state index contributed by atoms with van der Waals surface area (Å²) < 4.78 is 11.5. The Balaban J connectivity index is 1.55. The predicted octanol–water partition coefficient (Wildman–Crippen LogP) is 5.70. The van der Waals surface area contributed by atoms with Crippen molar-refractivity contribution in [3.63, 3.8) is 0 Å². The predicted molar refractivity (Wildman–Crippen MR) is 153 cm³/mol. The van der Waals surface area contributed by atoms with Gasteiger partial charge in [0.25, 0.3) is 11.7 Å². The molecule has 1 aliphatic heterocycles. The minimum Gasteiger partial charge on any atom is -0.507 e. The fourth-order valence-electron chi connectivity index (χ4n) is 4.93. The molecule has 4 aromatic rings. The van der Waals surface area contributed by atoms with Crippen LogP contribution < -0.4 is 9.47 Å². The van der Waals surface area contributed by atoms with Crippen LogP contribution in [0, 0.1) is 6.92 Å². The van der Waals surface area contributed by atoms with E-state index in [-0.39, 0.29) is 29.4 Å². The quantitative estimate of drug-likeness (QED) is 0.156. The standard InChI is InChI=1S/C33H30N2O6/c1-3-40-28-17-24(11-14-27(28)36)30-29(32(38)33(39)35(30)19-23-10-7-15-34-18-23)31(37)26-13-12-25(16-21(26)2)41-20-22-8-5-4-6-9-22/h4-18,30,36-37H,3,19-20H2,1-2H3/b31-29-. The zero-order chi connectivity index (χ0) is 28.9. The molecular weight excluding hydrogens is 520 g/mol. The number of carbonyl (C=O) groups is 2. The number of aromatic hydroxyl groups is 1. The Hall–Kier alpha value is -5.11. The summed E-state index contributed by atoms with van der Waals surface area (Å²) in [6.45, 7) is 4.38. The van der Waals surface area contributed by atoms with Gasteiger partial charge in [-0.25, -0.2) is 0 Å². The van der Waals surface area contributed by atoms with Crippen LogP contribution in [-0.2, 0) is 22.7 Å². The topological polar surface area (TPSA) is 109 Å². The molecule has 1 aliphatic rings. The molecule has 1 amide bonds. The summed E-state index contributed by atoms with van der Waals surface area (Å²) in [6.07, 6.45) is 3.25. The van der Waals surface area contributed by atoms with Crippen LogP contribution in [0.25, 0.3) is 5.76 Å². The van der Waals surface area contributed by atoms with Crippen molar-refractivity contribution >= 4 is 17.4 Å². The number of hydrogen-bond donors (Lipinski definition) is 2. The number of Topliss-reactive ketones (excluding diaryl/α,β-unsaturated/α-hetero) is 1. The van der Waals surface area contributed by atoms with Crippen molar-refractivity contribution in [3.8, 4) is 17.2 Å². The highest BCUT2D eigenvalue weighted by Gasteiger charge is 2.46. The highest BCUT2D eigenvalue weighted by atomic mass is 16.5. The van der Waals surface area contributed by atoms with Crippen molar-refractivity contribution < 1.29 is 29.3 Å². The molecule has 3 aromatic carbocycles. The molecule has 1 saturated heterocycles. The van der Waals surface area contributed by atoms with Crippen molar-refractivity contribution in [2.45, 2.75) is 33.0 Å². The number of aliphatic hydroxyl groups is 1. The number of rotatable bonds is 9. The summed E-state index contributed by atoms with van der Waals surface area (Å²) in [6, 6.07) is 22.2. The monoisotopic (exact) mass is 550 g/mol. The molecule has 1 unspecified atom stereocenters. The van der Waals surface area contributed by atoms with Gasteiger partial charge in [0.2, 0.25) is 0 Å². The van der Waals surface area contributed by atoms with Crippen molar-refractivity contribution in [1.82, 2.24) is 9.88 Å². The summed E-state index contributed by atoms with van der Waals surface area (Å²) in [5.74, 6) is -1.08. The molecule has 41 heavy (non-hydrogen) atoms. The van der Waals surface area contributed by atoms with E-state index in [1.807, 2.05) is 36.4 Å². The number of aliphatic hydroxyl groups excluding tert-OH is 1. The van der Waals surface area contributed by atoms with Gasteiger partial charge in [-0.3, -0.25) is 14.6 Å². The maximum absolute atomic E-state index is 13.5. The molecule has 8 nitrogen and oxygen atoms in total. The Bertz CT molecular complexity index is 1600. The molecule has 2 N–H and O–H groups in total. The molecule has 0 saturated carbocycles. The Labute approximate surface area is 238 Å². The minimum absolute atomic E-state index is 0.0481. The molecule has 8 heteroatoms. The van der Waals surface area contributed by atoms with Crippen molar-refractivity contribution in [2.24, 2.45) is 0 Å². The Morgan fingerprint density at radius 1 is 0.951 bits per heavy atom. The molecule has 0 aliphatic carbocycles. The molecule has 208 valence electrons. The third kappa shape index (κ3) is 5.77. The van der Waals surface area contributed by atoms with Gasteiger partial charge in [-0.2, -0.15) is 0 Å². The number of pyridine rings is 1. The number of carbonyl (C=O) groups excluding carboxylic acids is 2. The number of hydrogen-bond acceptors (Lipinski definition) is 7. The molecule has 5 rings (SSSR count). The zero-order valence-electron chi connectivity index (χ0n) is 22.8. The van der Waals surface area contributed by atoms with Crippen LogP contribution in [0.3, 0.4) is 0 Å². The van der Waals surface area contributed by atoms with Gasteiger partial charge in [-0.05, 0) is 72.5 Å². The molecule has 2 heterocycles. The van der Waals surface area contributed by atoms with Crippen LogP contribution >= 0.6 is 0 Å². The van der Waals surface area contributed by atoms with Gasteiger partial charge in [0.1, 0.15) is 18.1 Å². The second-order valence-electron chi connectivity index (χ2n) is 9.70. The summed E-state index contributed by atoms with van der Waals surface area (Å²) in [5, 5.41) is 21.9. The molecule has 0 spiro atoms. The van der Waals surface area contributed by atoms with E-state index in [9.17, 15) is 19.8 Å². The largest absolute Gasteiger partial charge is 0.507 e. The molecular formula is C33H30N2O6. The molecule has 1 fully saturated rings. The van der Waals surface area contributed by atoms with Crippen molar-refractivity contribution in [1.29, 1.82) is 0 Å². The number of amides is 1. The van der Waals surface area contributed by atoms with Gasteiger partial charge in [-0.15, -0.1) is 0 Å². The lowest BCUT2D eigenvalue weighted by Gasteiger charge is -2.26. The van der Waals surface area contributed by atoms with Crippen LogP contribution in [0.5, 0.6) is 17.2 Å². The fourth-order valence-corrected chi connectivity index (χ4v) is 4.93. The number of ether oxygens (including phenoxy) is 2. The van der Waals surface area contributed by atoms with Gasteiger partial charge < -0.3 is 24.6 Å². The van der Waals surface area contributed by atoms with Gasteiger partial charge >= 0.3 is 0 Å². The average molecular weight is 551 g/mol. The van der Waals surface area contributed by atoms with Gasteiger partial charge in [0, 0.05) is 24.5 Å². The van der Waals surface area contributed by atoms with E-state index in [2.05, 4.69) is 4.98 Å². The summed E-state index contributed by atoms with van der Waals surface area (Å²) in [4.78, 5) is 32.4. The summed E-state index contributed by atoms with van der Waals surface area (Å²) >= 11 is 0. The number of nitrogens with zero attached hydrogens (tertiary/aromatic N) is 2. The number of ketones is 1. The van der Waals surface area contributed by atoms with Crippen molar-refractivity contribution in [2.75, 3.05) is 6.61 Å². The second kappa shape index (κ2) is 12.0. The first-order chi connectivity index (χ1) is 19.9. The first-order valence-electron chi connectivity index (χ1n) is 13.3. The first-order valence-corrected chi connectivity index (χ1v) is 13.3. The van der Waals surface area contributed by atoms with Crippen LogP contribution in [0.2, 0.25) is 0 Å². The number of aromatic nitrogens is 1. The average Bonchev–Trinajstić information content (AvgIpc) is 3.23. The smallest absolute Gasteiger partial charge is 0.295 e. The Morgan fingerprint density at radius 2 is 1.73 bits per heavy atom. The second-order valence-corrected chi connectivity index (χ2v) is 9.70. The van der Waals surface area contributed by atoms with Crippen molar-refractivity contribution in [3.05, 3.63) is 125 Å². The Morgan fingerprint density at radius 3 is 2.44 bits per heavy atom.